The van der Waals surface area contributed by atoms with Gasteiger partial charge in [0.05, 0.1) is 0 Å². The minimum Gasteiger partial charge on any atom is -0.197 e. The van der Waals surface area contributed by atoms with E-state index in [2.05, 4.69) is 0 Å². The average Bonchev–Trinajstić information content (AvgIpc) is 0. The van der Waals surface area contributed by atoms with Crippen molar-refractivity contribution in [3.8, 4) is 0 Å². The summed E-state index contributed by atoms with van der Waals surface area (Å²) in [7, 11) is 0. The van der Waals surface area contributed by atoms with Crippen molar-refractivity contribution >= 4 is 39.7 Å². The smallest absolute Gasteiger partial charge is 0 e. The van der Waals surface area contributed by atoms with Crippen LogP contribution in [0.15, 0.2) is 0 Å². The van der Waals surface area contributed by atoms with Crippen LogP contribution in [-0.4, -0.2) is 26.2 Å². The number of rotatable bonds is 0. The fourth-order valence-electron chi connectivity index (χ4n) is 0. The molecule has 0 aliphatic heterocycles. The molecule has 0 saturated carbocycles. The topological polar surface area (TPSA) is 0 Å². The maximum atomic E-state index is 0. The van der Waals surface area contributed by atoms with Gasteiger partial charge in [0.1, 0.15) is 0 Å². The van der Waals surface area contributed by atoms with Gasteiger partial charge in [0.15, 0.2) is 0 Å². The number of hydrogen-bond acceptors (Lipinski definition) is 0. The Morgan fingerprint density at radius 1 is 1.00 bits per heavy atom. The van der Waals surface area contributed by atoms with Crippen LogP contribution in [0.5, 0.6) is 0 Å². The molecular weight excluding hydrogens is 396 g/mol. The monoisotopic (exact) mass is 399 g/mol. The van der Waals surface area contributed by atoms with Crippen molar-refractivity contribution in [1.82, 2.24) is 0 Å². The Bertz CT molecular complexity index is 8.00. The van der Waals surface area contributed by atoms with Crippen LogP contribution >= 0.6 is 13.5 Å². The van der Waals surface area contributed by atoms with E-state index in [1.807, 2.05) is 0 Å². The Hall–Kier alpha value is 2.41. The molecule has 0 N–H and O–H groups in total. The van der Waals surface area contributed by atoms with Gasteiger partial charge < -0.3 is 0 Å². The van der Waals surface area contributed by atoms with E-state index in [9.17, 15) is 0 Å². The van der Waals surface area contributed by atoms with Gasteiger partial charge in [0.25, 0.3) is 0 Å². The molecule has 0 aromatic carbocycles. The summed E-state index contributed by atoms with van der Waals surface area (Å²) in [4.78, 5) is 0. The first-order chi connectivity index (χ1) is 0. The Labute approximate surface area is 76.2 Å². The summed E-state index contributed by atoms with van der Waals surface area (Å²) in [5, 5.41) is 0. The Kier molecular flexibility index (Phi) is 146. The normalized spacial score (nSPS) is 0. The molecule has 0 aliphatic carbocycles. The summed E-state index contributed by atoms with van der Waals surface area (Å²) >= 11 is 0. The zero-order chi connectivity index (χ0) is 0. The first-order valence-corrected chi connectivity index (χ1v) is 0. The molecule has 3 radical (unpaired) electrons. The second-order valence-electron chi connectivity index (χ2n) is 0. The SMILES string of the molecule is S.[Bi].[Mo].[Ni]. The molecule has 0 atom stereocenters. The van der Waals surface area contributed by atoms with Crippen LogP contribution < -0.4 is 0 Å². The van der Waals surface area contributed by atoms with Crippen LogP contribution in [0.3, 0.4) is 0 Å². The summed E-state index contributed by atoms with van der Waals surface area (Å²) in [5.41, 5.74) is 0. The van der Waals surface area contributed by atoms with Crippen molar-refractivity contribution < 1.29 is 37.6 Å². The first kappa shape index (κ1) is 32.3. The molecule has 29 valence electrons. The van der Waals surface area contributed by atoms with E-state index in [0.717, 1.165) is 0 Å². The molecule has 4 heteroatoms. The summed E-state index contributed by atoms with van der Waals surface area (Å²) < 4.78 is 0. The third kappa shape index (κ3) is 8.83. The summed E-state index contributed by atoms with van der Waals surface area (Å²) in [5.74, 6) is 0. The minimum absolute atomic E-state index is 0. The molecule has 0 aromatic heterocycles. The van der Waals surface area contributed by atoms with Gasteiger partial charge in [-0.05, 0) is 0 Å². The van der Waals surface area contributed by atoms with Gasteiger partial charge in [0, 0.05) is 63.8 Å². The van der Waals surface area contributed by atoms with E-state index in [1.165, 1.54) is 0 Å². The fraction of sp³-hybridized carbons (Fsp3) is 0. The molecule has 4 heavy (non-hydrogen) atoms. The molecule has 0 heterocycles. The van der Waals surface area contributed by atoms with Gasteiger partial charge in [-0.25, -0.2) is 0 Å². The van der Waals surface area contributed by atoms with Crippen molar-refractivity contribution in [1.29, 1.82) is 0 Å². The second-order valence-corrected chi connectivity index (χ2v) is 0. The molecule has 0 aromatic rings. The standard InChI is InChI=1S/Bi.Mo.Ni.H2S/h;;;1H2. The van der Waals surface area contributed by atoms with E-state index in [4.69, 9.17) is 0 Å². The van der Waals surface area contributed by atoms with Crippen LogP contribution in [0.4, 0.5) is 0 Å². The molecule has 0 nitrogen and oxygen atoms in total. The van der Waals surface area contributed by atoms with Crippen molar-refractivity contribution in [2.45, 2.75) is 0 Å². The van der Waals surface area contributed by atoms with E-state index >= 15 is 0 Å². The van der Waals surface area contributed by atoms with E-state index < -0.39 is 0 Å². The van der Waals surface area contributed by atoms with Crippen LogP contribution in [-0.2, 0) is 37.6 Å². The van der Waals surface area contributed by atoms with Crippen LogP contribution in [0.2, 0.25) is 0 Å². The third-order valence-corrected chi connectivity index (χ3v) is 0. The van der Waals surface area contributed by atoms with Crippen molar-refractivity contribution in [2.75, 3.05) is 0 Å². The quantitative estimate of drug-likeness (QED) is 0.494. The zero-order valence-corrected chi connectivity index (χ0v) is 9.14. The van der Waals surface area contributed by atoms with Crippen molar-refractivity contribution in [3.05, 3.63) is 0 Å². The van der Waals surface area contributed by atoms with Gasteiger partial charge >= 0.3 is 0 Å². The Morgan fingerprint density at radius 2 is 1.00 bits per heavy atom. The Balaban J connectivity index is 0. The maximum Gasteiger partial charge on any atom is 0 e. The molecule has 0 amide bonds. The first-order valence-electron chi connectivity index (χ1n) is 0. The van der Waals surface area contributed by atoms with Crippen LogP contribution in [0.25, 0.3) is 0 Å². The van der Waals surface area contributed by atoms with Crippen LogP contribution in [0.1, 0.15) is 0 Å². The molecule has 0 fully saturated rings. The summed E-state index contributed by atoms with van der Waals surface area (Å²) in [6.07, 6.45) is 0. The molecule has 0 rings (SSSR count). The predicted molar refractivity (Wildman–Crippen MR) is 16.1 cm³/mol. The largest absolute Gasteiger partial charge is 0.197 e. The van der Waals surface area contributed by atoms with E-state index in [-0.39, 0.29) is 77.3 Å². The molecule has 0 spiro atoms. The van der Waals surface area contributed by atoms with Gasteiger partial charge in [-0.1, -0.05) is 0 Å². The van der Waals surface area contributed by atoms with Crippen molar-refractivity contribution in [3.63, 3.8) is 0 Å². The van der Waals surface area contributed by atoms with Crippen LogP contribution in [0, 0.1) is 0 Å². The Morgan fingerprint density at radius 3 is 1.00 bits per heavy atom. The molecule has 0 unspecified atom stereocenters. The van der Waals surface area contributed by atoms with E-state index in [1.54, 1.807) is 0 Å². The van der Waals surface area contributed by atoms with Gasteiger partial charge in [0.2, 0.25) is 0 Å². The minimum atomic E-state index is 0. The van der Waals surface area contributed by atoms with Crippen molar-refractivity contribution in [2.24, 2.45) is 0 Å². The molecular formula is H2BiMoNiS. The molecule has 0 aliphatic rings. The molecule has 0 saturated heterocycles. The van der Waals surface area contributed by atoms with Gasteiger partial charge in [-0.2, -0.15) is 13.5 Å². The van der Waals surface area contributed by atoms with Gasteiger partial charge in [-0.3, -0.25) is 0 Å². The zero-order valence-electron chi connectivity index (χ0n) is 1.67. The number of hydrogen-bond donors (Lipinski definition) is 0. The third-order valence-electron chi connectivity index (χ3n) is 0. The predicted octanol–water partition coefficient (Wildman–Crippen LogP) is -0.273. The maximum absolute atomic E-state index is 0. The van der Waals surface area contributed by atoms with Gasteiger partial charge in [-0.15, -0.1) is 0 Å². The second kappa shape index (κ2) is 18.1. The fourth-order valence-corrected chi connectivity index (χ4v) is 0. The summed E-state index contributed by atoms with van der Waals surface area (Å²) in [6, 6.07) is 0. The summed E-state index contributed by atoms with van der Waals surface area (Å²) in [6.45, 7) is 0. The van der Waals surface area contributed by atoms with E-state index in [0.29, 0.717) is 0 Å². The average molecular weight is 398 g/mol. The molecule has 0 bridgehead atoms.